The van der Waals surface area contributed by atoms with Crippen molar-refractivity contribution in [3.8, 4) is 0 Å². The van der Waals surface area contributed by atoms with E-state index in [2.05, 4.69) is 0 Å². The van der Waals surface area contributed by atoms with E-state index in [4.69, 9.17) is 0 Å². The van der Waals surface area contributed by atoms with Crippen molar-refractivity contribution in [3.05, 3.63) is 45.7 Å². The molecule has 2 nitrogen and oxygen atoms in total. The second kappa shape index (κ2) is 6.07. The Morgan fingerprint density at radius 3 is 2.35 bits per heavy atom. The number of thioether (sulfide) groups is 2. The van der Waals surface area contributed by atoms with Gasteiger partial charge in [0.25, 0.3) is 0 Å². The number of hydrogen-bond donors (Lipinski definition) is 0. The van der Waals surface area contributed by atoms with Crippen LogP contribution in [0.15, 0.2) is 40.1 Å². The Kier molecular flexibility index (Phi) is 4.45. The Balaban J connectivity index is 2.30. The third-order valence-electron chi connectivity index (χ3n) is 2.37. The second-order valence-corrected chi connectivity index (χ2v) is 6.03. The molecule has 0 amide bonds. The van der Waals surface area contributed by atoms with Crippen LogP contribution in [-0.4, -0.2) is 23.6 Å². The number of hydrogen-bond acceptors (Lipinski definition) is 4. The minimum absolute atomic E-state index is 0.169. The highest BCUT2D eigenvalue weighted by Gasteiger charge is 2.19. The van der Waals surface area contributed by atoms with Crippen molar-refractivity contribution in [3.63, 3.8) is 0 Å². The summed E-state index contributed by atoms with van der Waals surface area (Å²) < 4.78 is 0.875. The summed E-state index contributed by atoms with van der Waals surface area (Å²) in [5.41, 5.74) is 0.889. The predicted octanol–water partition coefficient (Wildman–Crippen LogP) is 3.15. The number of carbonyl (C=O) groups is 2. The van der Waals surface area contributed by atoms with Crippen LogP contribution >= 0.6 is 23.5 Å². The molecule has 0 aromatic heterocycles. The van der Waals surface area contributed by atoms with E-state index >= 15 is 0 Å². The van der Waals surface area contributed by atoms with Crippen molar-refractivity contribution >= 4 is 35.6 Å². The minimum atomic E-state index is -0.169. The van der Waals surface area contributed by atoms with E-state index in [9.17, 15) is 9.59 Å². The van der Waals surface area contributed by atoms with Gasteiger partial charge in [-0.15, -0.1) is 23.5 Å². The summed E-state index contributed by atoms with van der Waals surface area (Å²) >= 11 is 3.22. The average Bonchev–Trinajstić information content (AvgIpc) is 2.42. The van der Waals surface area contributed by atoms with Crippen molar-refractivity contribution in [1.82, 2.24) is 0 Å². The maximum atomic E-state index is 12.2. The monoisotopic (exact) mass is 264 g/mol. The molecule has 4 heteroatoms. The quantitative estimate of drug-likeness (QED) is 0.276. The Morgan fingerprint density at radius 1 is 1.12 bits per heavy atom. The fourth-order valence-corrected chi connectivity index (χ4v) is 4.08. The van der Waals surface area contributed by atoms with Gasteiger partial charge in [0.15, 0.2) is 12.1 Å². The molecule has 1 saturated heterocycles. The molecule has 1 heterocycles. The Bertz CT molecular complexity index is 444. The summed E-state index contributed by atoms with van der Waals surface area (Å²) in [5.74, 6) is 1.81. The van der Waals surface area contributed by atoms with Gasteiger partial charge in [-0.3, -0.25) is 9.59 Å². The number of carbonyl (C=O) groups excluding carboxylic acids is 2. The summed E-state index contributed by atoms with van der Waals surface area (Å²) in [6.07, 6.45) is 1.82. The number of Topliss-reactive ketones (excluding diaryl/α,β-unsaturated/α-hetero) is 1. The lowest BCUT2D eigenvalue weighted by Gasteiger charge is -2.14. The fourth-order valence-electron chi connectivity index (χ4n) is 1.53. The first kappa shape index (κ1) is 12.5. The molecule has 1 fully saturated rings. The van der Waals surface area contributed by atoms with Gasteiger partial charge in [-0.2, -0.15) is 0 Å². The molecule has 1 aromatic carbocycles. The highest BCUT2D eigenvalue weighted by Crippen LogP contribution is 2.37. The van der Waals surface area contributed by atoms with E-state index in [0.717, 1.165) is 22.2 Å². The third-order valence-corrected chi connectivity index (χ3v) is 5.03. The summed E-state index contributed by atoms with van der Waals surface area (Å²) in [5, 5.41) is 0. The van der Waals surface area contributed by atoms with Crippen molar-refractivity contribution in [1.29, 1.82) is 0 Å². The van der Waals surface area contributed by atoms with Crippen LogP contribution in [0.5, 0.6) is 0 Å². The highest BCUT2D eigenvalue weighted by atomic mass is 32.2. The number of aldehydes is 1. The third kappa shape index (κ3) is 3.01. The van der Waals surface area contributed by atoms with Crippen LogP contribution < -0.4 is 0 Å². The van der Waals surface area contributed by atoms with Crippen LogP contribution in [0.2, 0.25) is 0 Å². The molecule has 1 aliphatic rings. The van der Waals surface area contributed by atoms with Crippen LogP contribution in [0.25, 0.3) is 0 Å². The first-order valence-electron chi connectivity index (χ1n) is 5.37. The first-order chi connectivity index (χ1) is 8.33. The fraction of sp³-hybridized carbons (Fsp3) is 0.231. The van der Waals surface area contributed by atoms with Crippen molar-refractivity contribution in [2.45, 2.75) is 6.42 Å². The van der Waals surface area contributed by atoms with E-state index in [0.29, 0.717) is 17.4 Å². The number of rotatable bonds is 3. The standard InChI is InChI=1S/C13H12O2S2/c14-9-11(13-16-7-4-8-17-13)12(15)10-5-2-1-3-6-10/h1-3,5-6,9H,4,7-8H2. The SMILES string of the molecule is O=CC(C(=O)c1ccccc1)=C1SCCCS1. The maximum Gasteiger partial charge on any atom is 0.197 e. The summed E-state index contributed by atoms with van der Waals surface area (Å²) in [6.45, 7) is 0. The summed E-state index contributed by atoms with van der Waals surface area (Å²) in [6, 6.07) is 8.95. The minimum Gasteiger partial charge on any atom is -0.298 e. The van der Waals surface area contributed by atoms with Crippen LogP contribution in [0, 0.1) is 0 Å². The topological polar surface area (TPSA) is 34.1 Å². The van der Waals surface area contributed by atoms with Gasteiger partial charge in [0.05, 0.1) is 9.81 Å². The van der Waals surface area contributed by atoms with Crippen molar-refractivity contribution < 1.29 is 9.59 Å². The zero-order valence-electron chi connectivity index (χ0n) is 9.22. The predicted molar refractivity (Wildman–Crippen MR) is 73.4 cm³/mol. The van der Waals surface area contributed by atoms with Gasteiger partial charge in [-0.05, 0) is 17.9 Å². The van der Waals surface area contributed by atoms with E-state index in [-0.39, 0.29) is 5.78 Å². The summed E-state index contributed by atoms with van der Waals surface area (Å²) in [7, 11) is 0. The molecule has 1 aromatic rings. The molecule has 0 radical (unpaired) electrons. The van der Waals surface area contributed by atoms with Crippen LogP contribution in [0.3, 0.4) is 0 Å². The first-order valence-corrected chi connectivity index (χ1v) is 7.35. The number of allylic oxidation sites excluding steroid dienone is 1. The molecule has 17 heavy (non-hydrogen) atoms. The van der Waals surface area contributed by atoms with Gasteiger partial charge in [0, 0.05) is 5.56 Å². The lowest BCUT2D eigenvalue weighted by molar-refractivity contribution is -0.104. The van der Waals surface area contributed by atoms with Gasteiger partial charge < -0.3 is 0 Å². The van der Waals surface area contributed by atoms with E-state index < -0.39 is 0 Å². The van der Waals surface area contributed by atoms with Gasteiger partial charge >= 0.3 is 0 Å². The molecular weight excluding hydrogens is 252 g/mol. The van der Waals surface area contributed by atoms with Gasteiger partial charge in [-0.1, -0.05) is 30.3 Å². The zero-order valence-corrected chi connectivity index (χ0v) is 10.9. The Labute approximate surface area is 109 Å². The molecule has 1 aliphatic heterocycles. The highest BCUT2D eigenvalue weighted by molar-refractivity contribution is 8.22. The molecule has 88 valence electrons. The normalized spacial score (nSPS) is 15.4. The van der Waals surface area contributed by atoms with Crippen molar-refractivity contribution in [2.75, 3.05) is 11.5 Å². The smallest absolute Gasteiger partial charge is 0.197 e. The van der Waals surface area contributed by atoms with E-state index in [1.807, 2.05) is 18.2 Å². The molecule has 0 bridgehead atoms. The molecule has 0 aliphatic carbocycles. The van der Waals surface area contributed by atoms with Crippen LogP contribution in [-0.2, 0) is 4.79 Å². The molecule has 0 unspecified atom stereocenters. The Morgan fingerprint density at radius 2 is 1.76 bits per heavy atom. The van der Waals surface area contributed by atoms with E-state index in [1.54, 1.807) is 35.7 Å². The molecule has 0 N–H and O–H groups in total. The van der Waals surface area contributed by atoms with Gasteiger partial charge in [0.2, 0.25) is 0 Å². The van der Waals surface area contributed by atoms with Crippen LogP contribution in [0.1, 0.15) is 16.8 Å². The molecule has 0 saturated carbocycles. The molecule has 2 rings (SSSR count). The van der Waals surface area contributed by atoms with Gasteiger partial charge in [0.1, 0.15) is 0 Å². The van der Waals surface area contributed by atoms with Crippen molar-refractivity contribution in [2.24, 2.45) is 0 Å². The largest absolute Gasteiger partial charge is 0.298 e. The summed E-state index contributed by atoms with van der Waals surface area (Å²) in [4.78, 5) is 23.3. The Hall–Kier alpha value is -1.000. The molecular formula is C13H12O2S2. The average molecular weight is 264 g/mol. The lowest BCUT2D eigenvalue weighted by Crippen LogP contribution is -2.08. The van der Waals surface area contributed by atoms with E-state index in [1.165, 1.54) is 0 Å². The van der Waals surface area contributed by atoms with Crippen LogP contribution in [0.4, 0.5) is 0 Å². The molecule has 0 atom stereocenters. The van der Waals surface area contributed by atoms with Gasteiger partial charge in [-0.25, -0.2) is 0 Å². The second-order valence-electron chi connectivity index (χ2n) is 3.56. The number of ketones is 1. The lowest BCUT2D eigenvalue weighted by atomic mass is 10.1. The maximum absolute atomic E-state index is 12.2. The molecule has 0 spiro atoms. The zero-order chi connectivity index (χ0) is 12.1. The number of benzene rings is 1.